The largest absolute Gasteiger partial charge is 0.466 e. The number of aromatic nitrogens is 1. The molecule has 0 saturated heterocycles. The monoisotopic (exact) mass is 353 g/mol. The molecular formula is C21H20FNO3. The minimum atomic E-state index is -0.368. The van der Waals surface area contributed by atoms with Crippen LogP contribution in [-0.4, -0.2) is 17.6 Å². The van der Waals surface area contributed by atoms with Gasteiger partial charge in [0.05, 0.1) is 24.8 Å². The molecule has 26 heavy (non-hydrogen) atoms. The van der Waals surface area contributed by atoms with Crippen molar-refractivity contribution in [3.05, 3.63) is 78.1 Å². The summed E-state index contributed by atoms with van der Waals surface area (Å²) in [6, 6.07) is 16.4. The van der Waals surface area contributed by atoms with E-state index < -0.39 is 0 Å². The summed E-state index contributed by atoms with van der Waals surface area (Å²) in [6.07, 6.45) is 3.64. The Morgan fingerprint density at radius 2 is 1.81 bits per heavy atom. The minimum absolute atomic E-state index is 0.183. The number of esters is 1. The summed E-state index contributed by atoms with van der Waals surface area (Å²) in [6.45, 7) is 0.389. The van der Waals surface area contributed by atoms with Gasteiger partial charge in [0.2, 0.25) is 0 Å². The van der Waals surface area contributed by atoms with Crippen molar-refractivity contribution >= 4 is 5.97 Å². The molecule has 0 amide bonds. The van der Waals surface area contributed by atoms with Crippen LogP contribution in [0.15, 0.2) is 65.2 Å². The SMILES string of the molecule is O=C(CCc1ncc(-c2ccccc2F)o1)OCCCc1ccccc1. The van der Waals surface area contributed by atoms with Crippen LogP contribution in [0.4, 0.5) is 4.39 Å². The molecule has 3 aromatic rings. The molecule has 0 aliphatic rings. The number of hydrogen-bond acceptors (Lipinski definition) is 4. The maximum absolute atomic E-state index is 13.7. The Hall–Kier alpha value is -2.95. The van der Waals surface area contributed by atoms with Gasteiger partial charge in [-0.15, -0.1) is 0 Å². The lowest BCUT2D eigenvalue weighted by atomic mass is 10.1. The highest BCUT2D eigenvalue weighted by atomic mass is 19.1. The fourth-order valence-electron chi connectivity index (χ4n) is 2.60. The van der Waals surface area contributed by atoms with Crippen molar-refractivity contribution in [2.75, 3.05) is 6.61 Å². The van der Waals surface area contributed by atoms with Crippen LogP contribution in [0.5, 0.6) is 0 Å². The second-order valence-corrected chi connectivity index (χ2v) is 5.91. The summed E-state index contributed by atoms with van der Waals surface area (Å²) >= 11 is 0. The lowest BCUT2D eigenvalue weighted by molar-refractivity contribution is -0.143. The average Bonchev–Trinajstić information content (AvgIpc) is 3.13. The van der Waals surface area contributed by atoms with Crippen molar-refractivity contribution in [3.63, 3.8) is 0 Å². The van der Waals surface area contributed by atoms with Crippen LogP contribution in [-0.2, 0) is 22.4 Å². The molecule has 0 N–H and O–H groups in total. The fourth-order valence-corrected chi connectivity index (χ4v) is 2.60. The fraction of sp³-hybridized carbons (Fsp3) is 0.238. The molecule has 0 aliphatic heterocycles. The van der Waals surface area contributed by atoms with Crippen LogP contribution >= 0.6 is 0 Å². The zero-order valence-corrected chi connectivity index (χ0v) is 14.4. The van der Waals surface area contributed by atoms with E-state index in [1.165, 1.54) is 17.8 Å². The predicted octanol–water partition coefficient (Wildman–Crippen LogP) is 4.59. The van der Waals surface area contributed by atoms with Crippen molar-refractivity contribution in [2.45, 2.75) is 25.7 Å². The van der Waals surface area contributed by atoms with Gasteiger partial charge < -0.3 is 9.15 Å². The van der Waals surface area contributed by atoms with Gasteiger partial charge in [-0.3, -0.25) is 4.79 Å². The van der Waals surface area contributed by atoms with Crippen molar-refractivity contribution in [3.8, 4) is 11.3 Å². The molecule has 0 fully saturated rings. The number of benzene rings is 2. The summed E-state index contributed by atoms with van der Waals surface area (Å²) in [5.41, 5.74) is 1.58. The molecule has 1 heterocycles. The van der Waals surface area contributed by atoms with Crippen LogP contribution in [0.2, 0.25) is 0 Å². The molecule has 4 nitrogen and oxygen atoms in total. The number of halogens is 1. The van der Waals surface area contributed by atoms with E-state index >= 15 is 0 Å². The van der Waals surface area contributed by atoms with Crippen LogP contribution in [0.3, 0.4) is 0 Å². The minimum Gasteiger partial charge on any atom is -0.466 e. The molecule has 0 radical (unpaired) electrons. The number of carbonyl (C=O) groups excluding carboxylic acids is 1. The van der Waals surface area contributed by atoms with Crippen molar-refractivity contribution < 1.29 is 18.3 Å². The summed E-state index contributed by atoms with van der Waals surface area (Å²) in [4.78, 5) is 15.9. The van der Waals surface area contributed by atoms with Crippen LogP contribution in [0.1, 0.15) is 24.3 Å². The maximum Gasteiger partial charge on any atom is 0.306 e. The molecule has 2 aromatic carbocycles. The number of rotatable bonds is 8. The Morgan fingerprint density at radius 3 is 2.62 bits per heavy atom. The van der Waals surface area contributed by atoms with Gasteiger partial charge >= 0.3 is 5.97 Å². The van der Waals surface area contributed by atoms with Gasteiger partial charge in [-0.05, 0) is 30.5 Å². The second kappa shape index (κ2) is 8.94. The van der Waals surface area contributed by atoms with E-state index in [1.54, 1.807) is 18.2 Å². The number of hydrogen-bond donors (Lipinski definition) is 0. The molecule has 0 aliphatic carbocycles. The summed E-state index contributed by atoms with van der Waals surface area (Å²) in [5.74, 6) is 0.0931. The first-order valence-electron chi connectivity index (χ1n) is 8.61. The average molecular weight is 353 g/mol. The molecule has 0 unspecified atom stereocenters. The predicted molar refractivity (Wildman–Crippen MR) is 95.9 cm³/mol. The Morgan fingerprint density at radius 1 is 1.04 bits per heavy atom. The zero-order valence-electron chi connectivity index (χ0n) is 14.4. The molecule has 0 bridgehead atoms. The molecular weight excluding hydrogens is 333 g/mol. The normalized spacial score (nSPS) is 10.7. The van der Waals surface area contributed by atoms with E-state index in [-0.39, 0.29) is 18.2 Å². The van der Waals surface area contributed by atoms with Gasteiger partial charge in [0.25, 0.3) is 0 Å². The molecule has 0 spiro atoms. The van der Waals surface area contributed by atoms with E-state index in [0.717, 1.165) is 12.8 Å². The number of nitrogens with zero attached hydrogens (tertiary/aromatic N) is 1. The summed E-state index contributed by atoms with van der Waals surface area (Å²) < 4.78 is 24.5. The van der Waals surface area contributed by atoms with Crippen molar-refractivity contribution in [2.24, 2.45) is 0 Å². The van der Waals surface area contributed by atoms with Crippen LogP contribution in [0, 0.1) is 5.82 Å². The summed E-state index contributed by atoms with van der Waals surface area (Å²) in [7, 11) is 0. The van der Waals surface area contributed by atoms with Crippen LogP contribution < -0.4 is 0 Å². The summed E-state index contributed by atoms with van der Waals surface area (Å²) in [5, 5.41) is 0. The first-order valence-corrected chi connectivity index (χ1v) is 8.61. The van der Waals surface area contributed by atoms with Gasteiger partial charge in [-0.1, -0.05) is 42.5 Å². The molecule has 3 rings (SSSR count). The first-order chi connectivity index (χ1) is 12.7. The van der Waals surface area contributed by atoms with Crippen LogP contribution in [0.25, 0.3) is 11.3 Å². The van der Waals surface area contributed by atoms with Gasteiger partial charge in [-0.2, -0.15) is 0 Å². The Bertz CT molecular complexity index is 845. The second-order valence-electron chi connectivity index (χ2n) is 5.91. The number of ether oxygens (including phenoxy) is 1. The quantitative estimate of drug-likeness (QED) is 0.439. The number of aryl methyl sites for hydroxylation is 2. The van der Waals surface area contributed by atoms with E-state index in [9.17, 15) is 9.18 Å². The van der Waals surface area contributed by atoms with E-state index in [0.29, 0.717) is 30.2 Å². The lowest BCUT2D eigenvalue weighted by Gasteiger charge is -2.04. The molecule has 5 heteroatoms. The smallest absolute Gasteiger partial charge is 0.306 e. The van der Waals surface area contributed by atoms with E-state index in [2.05, 4.69) is 17.1 Å². The molecule has 0 atom stereocenters. The van der Waals surface area contributed by atoms with E-state index in [4.69, 9.17) is 9.15 Å². The Labute approximate surface area is 151 Å². The third kappa shape index (κ3) is 5.02. The third-order valence-electron chi connectivity index (χ3n) is 3.95. The Balaban J connectivity index is 1.40. The molecule has 1 aromatic heterocycles. The van der Waals surface area contributed by atoms with E-state index in [1.807, 2.05) is 18.2 Å². The Kier molecular flexibility index (Phi) is 6.14. The van der Waals surface area contributed by atoms with Crippen molar-refractivity contribution in [1.29, 1.82) is 0 Å². The first kappa shape index (κ1) is 17.9. The lowest BCUT2D eigenvalue weighted by Crippen LogP contribution is -2.07. The highest BCUT2D eigenvalue weighted by Crippen LogP contribution is 2.23. The molecule has 0 saturated carbocycles. The molecule has 134 valence electrons. The maximum atomic E-state index is 13.7. The highest BCUT2D eigenvalue weighted by Gasteiger charge is 2.12. The topological polar surface area (TPSA) is 52.3 Å². The van der Waals surface area contributed by atoms with Gasteiger partial charge in [0.15, 0.2) is 11.7 Å². The van der Waals surface area contributed by atoms with Gasteiger partial charge in [0, 0.05) is 6.42 Å². The third-order valence-corrected chi connectivity index (χ3v) is 3.95. The van der Waals surface area contributed by atoms with Crippen molar-refractivity contribution in [1.82, 2.24) is 4.98 Å². The van der Waals surface area contributed by atoms with Gasteiger partial charge in [0.1, 0.15) is 5.82 Å². The van der Waals surface area contributed by atoms with Gasteiger partial charge in [-0.25, -0.2) is 9.37 Å². The standard InChI is InChI=1S/C21H20FNO3/c22-18-11-5-4-10-17(18)19-15-23-20(26-19)12-13-21(24)25-14-6-9-16-7-2-1-3-8-16/h1-5,7-8,10-11,15H,6,9,12-14H2. The number of oxazole rings is 1. The highest BCUT2D eigenvalue weighted by molar-refractivity contribution is 5.69. The zero-order chi connectivity index (χ0) is 18.2. The number of carbonyl (C=O) groups is 1.